The molecule has 0 amide bonds. The first-order valence-corrected chi connectivity index (χ1v) is 7.01. The second-order valence-electron chi connectivity index (χ2n) is 4.63. The van der Waals surface area contributed by atoms with Crippen LogP contribution < -0.4 is 5.73 Å². The fourth-order valence-corrected chi connectivity index (χ4v) is 2.65. The highest BCUT2D eigenvalue weighted by Crippen LogP contribution is 2.24. The lowest BCUT2D eigenvalue weighted by atomic mass is 9.98. The number of rotatable bonds is 6. The summed E-state index contributed by atoms with van der Waals surface area (Å²) in [6.07, 6.45) is 1.53. The molecule has 1 rings (SSSR count). The van der Waals surface area contributed by atoms with Gasteiger partial charge < -0.3 is 10.5 Å². The summed E-state index contributed by atoms with van der Waals surface area (Å²) >= 11 is 1.80. The Morgan fingerprint density at radius 3 is 2.72 bits per heavy atom. The van der Waals surface area contributed by atoms with Crippen molar-refractivity contribution in [3.05, 3.63) is 29.8 Å². The molecule has 1 atom stereocenters. The quantitative estimate of drug-likeness (QED) is 0.489. The lowest BCUT2D eigenvalue weighted by molar-refractivity contribution is -0.146. The van der Waals surface area contributed by atoms with E-state index in [4.69, 9.17) is 5.73 Å². The lowest BCUT2D eigenvalue weighted by Gasteiger charge is -2.21. The smallest absolute Gasteiger partial charge is 0.325 e. The molecule has 3 nitrogen and oxygen atoms in total. The summed E-state index contributed by atoms with van der Waals surface area (Å²) < 4.78 is 4.68. The monoisotopic (exact) mass is 267 g/mol. The molecule has 2 N–H and O–H groups in total. The molecule has 0 saturated carbocycles. The standard InChI is InChI=1S/C14H21NO2S/c1-11-7-4-5-8-12(11)18-10-6-9-14(2,15)13(16)17-3/h4-5,7-8H,6,9-10,15H2,1-3H3. The number of methoxy groups -OCH3 is 1. The number of thioether (sulfide) groups is 1. The van der Waals surface area contributed by atoms with Gasteiger partial charge in [-0.05, 0) is 44.1 Å². The second-order valence-corrected chi connectivity index (χ2v) is 5.76. The minimum atomic E-state index is -0.874. The molecular formula is C14H21NO2S. The molecule has 0 heterocycles. The van der Waals surface area contributed by atoms with Crippen molar-refractivity contribution < 1.29 is 9.53 Å². The van der Waals surface area contributed by atoms with E-state index in [1.165, 1.54) is 17.6 Å². The summed E-state index contributed by atoms with van der Waals surface area (Å²) in [7, 11) is 1.37. The van der Waals surface area contributed by atoms with Gasteiger partial charge >= 0.3 is 5.97 Å². The summed E-state index contributed by atoms with van der Waals surface area (Å²) in [5.41, 5.74) is 6.31. The fraction of sp³-hybridized carbons (Fsp3) is 0.500. The topological polar surface area (TPSA) is 52.3 Å². The summed E-state index contributed by atoms with van der Waals surface area (Å²) in [6, 6.07) is 8.29. The van der Waals surface area contributed by atoms with E-state index >= 15 is 0 Å². The third-order valence-electron chi connectivity index (χ3n) is 2.84. The number of hydrogen-bond acceptors (Lipinski definition) is 4. The van der Waals surface area contributed by atoms with Gasteiger partial charge in [-0.15, -0.1) is 11.8 Å². The Bertz CT molecular complexity index is 405. The highest BCUT2D eigenvalue weighted by Gasteiger charge is 2.28. The highest BCUT2D eigenvalue weighted by molar-refractivity contribution is 7.99. The summed E-state index contributed by atoms with van der Waals surface area (Å²) in [5, 5.41) is 0. The largest absolute Gasteiger partial charge is 0.468 e. The van der Waals surface area contributed by atoms with E-state index in [-0.39, 0.29) is 5.97 Å². The zero-order valence-electron chi connectivity index (χ0n) is 11.2. The average molecular weight is 267 g/mol. The molecule has 100 valence electrons. The number of esters is 1. The molecular weight excluding hydrogens is 246 g/mol. The van der Waals surface area contributed by atoms with E-state index in [2.05, 4.69) is 23.8 Å². The second kappa shape index (κ2) is 6.81. The number of hydrogen-bond donors (Lipinski definition) is 1. The van der Waals surface area contributed by atoms with E-state index in [1.807, 2.05) is 12.1 Å². The van der Waals surface area contributed by atoms with Crippen LogP contribution in [0.1, 0.15) is 25.3 Å². The van der Waals surface area contributed by atoms with E-state index in [1.54, 1.807) is 18.7 Å². The molecule has 18 heavy (non-hydrogen) atoms. The van der Waals surface area contributed by atoms with Gasteiger partial charge in [-0.2, -0.15) is 0 Å². The molecule has 1 aromatic carbocycles. The van der Waals surface area contributed by atoms with Crippen LogP contribution >= 0.6 is 11.8 Å². The predicted molar refractivity (Wildman–Crippen MR) is 75.7 cm³/mol. The number of carbonyl (C=O) groups excluding carboxylic acids is 1. The van der Waals surface area contributed by atoms with E-state index in [9.17, 15) is 4.79 Å². The van der Waals surface area contributed by atoms with Crippen LogP contribution in [-0.2, 0) is 9.53 Å². The molecule has 0 saturated heterocycles. The van der Waals surface area contributed by atoms with Gasteiger partial charge in [0, 0.05) is 4.90 Å². The van der Waals surface area contributed by atoms with Gasteiger partial charge in [0.15, 0.2) is 0 Å². The average Bonchev–Trinajstić information content (AvgIpc) is 2.35. The molecule has 0 aliphatic rings. The number of carbonyl (C=O) groups is 1. The van der Waals surface area contributed by atoms with E-state index in [0.29, 0.717) is 6.42 Å². The maximum Gasteiger partial charge on any atom is 0.325 e. The normalized spacial score (nSPS) is 14.0. The molecule has 0 aliphatic heterocycles. The molecule has 0 bridgehead atoms. The summed E-state index contributed by atoms with van der Waals surface area (Å²) in [6.45, 7) is 3.82. The SMILES string of the molecule is COC(=O)C(C)(N)CCCSc1ccccc1C. The van der Waals surface area contributed by atoms with Crippen molar-refractivity contribution in [1.82, 2.24) is 0 Å². The molecule has 0 fully saturated rings. The Labute approximate surface area is 113 Å². The van der Waals surface area contributed by atoms with Crippen molar-refractivity contribution in [3.63, 3.8) is 0 Å². The minimum Gasteiger partial charge on any atom is -0.468 e. The van der Waals surface area contributed by atoms with Crippen molar-refractivity contribution >= 4 is 17.7 Å². The van der Waals surface area contributed by atoms with Crippen LogP contribution in [0.3, 0.4) is 0 Å². The molecule has 0 spiro atoms. The first-order chi connectivity index (χ1) is 8.47. The fourth-order valence-electron chi connectivity index (χ4n) is 1.68. The summed E-state index contributed by atoms with van der Waals surface area (Å²) in [5.74, 6) is 0.609. The molecule has 4 heteroatoms. The van der Waals surface area contributed by atoms with Crippen LogP contribution in [0.15, 0.2) is 29.2 Å². The molecule has 0 radical (unpaired) electrons. The van der Waals surface area contributed by atoms with Crippen molar-refractivity contribution in [2.24, 2.45) is 5.73 Å². The van der Waals surface area contributed by atoms with Gasteiger partial charge in [-0.3, -0.25) is 4.79 Å². The van der Waals surface area contributed by atoms with Gasteiger partial charge in [0.1, 0.15) is 5.54 Å². The number of benzene rings is 1. The molecule has 1 aromatic rings. The van der Waals surface area contributed by atoms with Crippen LogP contribution in [0.4, 0.5) is 0 Å². The Kier molecular flexibility index (Phi) is 5.69. The van der Waals surface area contributed by atoms with E-state index in [0.717, 1.165) is 12.2 Å². The Morgan fingerprint density at radius 2 is 2.11 bits per heavy atom. The molecule has 0 aromatic heterocycles. The Morgan fingerprint density at radius 1 is 1.44 bits per heavy atom. The van der Waals surface area contributed by atoms with E-state index < -0.39 is 5.54 Å². The third kappa shape index (κ3) is 4.35. The van der Waals surface area contributed by atoms with Gasteiger partial charge in [-0.25, -0.2) is 0 Å². The first-order valence-electron chi connectivity index (χ1n) is 6.03. The zero-order valence-corrected chi connectivity index (χ0v) is 12.0. The van der Waals surface area contributed by atoms with Crippen molar-refractivity contribution in [3.8, 4) is 0 Å². The third-order valence-corrected chi connectivity index (χ3v) is 4.11. The minimum absolute atomic E-state index is 0.344. The Balaban J connectivity index is 2.35. The van der Waals surface area contributed by atoms with Crippen LogP contribution in [0.25, 0.3) is 0 Å². The Hall–Kier alpha value is -1.00. The predicted octanol–water partition coefficient (Wildman–Crippen LogP) is 2.76. The number of aryl methyl sites for hydroxylation is 1. The molecule has 0 aliphatic carbocycles. The van der Waals surface area contributed by atoms with Crippen LogP contribution in [-0.4, -0.2) is 24.4 Å². The van der Waals surface area contributed by atoms with Crippen LogP contribution in [0, 0.1) is 6.92 Å². The van der Waals surface area contributed by atoms with Gasteiger partial charge in [0.2, 0.25) is 0 Å². The van der Waals surface area contributed by atoms with Gasteiger partial charge in [0.25, 0.3) is 0 Å². The lowest BCUT2D eigenvalue weighted by Crippen LogP contribution is -2.45. The molecule has 1 unspecified atom stereocenters. The van der Waals surface area contributed by atoms with Gasteiger partial charge in [0.05, 0.1) is 7.11 Å². The van der Waals surface area contributed by atoms with Crippen LogP contribution in [0.2, 0.25) is 0 Å². The van der Waals surface area contributed by atoms with Crippen molar-refractivity contribution in [2.75, 3.05) is 12.9 Å². The van der Waals surface area contributed by atoms with Crippen molar-refractivity contribution in [1.29, 1.82) is 0 Å². The van der Waals surface area contributed by atoms with Gasteiger partial charge in [-0.1, -0.05) is 18.2 Å². The number of nitrogens with two attached hydrogens (primary N) is 1. The van der Waals surface area contributed by atoms with Crippen LogP contribution in [0.5, 0.6) is 0 Å². The maximum absolute atomic E-state index is 11.4. The highest BCUT2D eigenvalue weighted by atomic mass is 32.2. The summed E-state index contributed by atoms with van der Waals surface area (Å²) in [4.78, 5) is 12.7. The van der Waals surface area contributed by atoms with Crippen molar-refractivity contribution in [2.45, 2.75) is 37.1 Å². The first kappa shape index (κ1) is 15.1. The zero-order chi connectivity index (χ0) is 13.6. The maximum atomic E-state index is 11.4. The number of ether oxygens (including phenoxy) is 1.